The summed E-state index contributed by atoms with van der Waals surface area (Å²) in [5.74, 6) is 1.54. The predicted octanol–water partition coefficient (Wildman–Crippen LogP) is 2.13. The van der Waals surface area contributed by atoms with Crippen molar-refractivity contribution in [2.24, 2.45) is 5.73 Å². The van der Waals surface area contributed by atoms with Crippen LogP contribution in [0.5, 0.6) is 17.2 Å². The topological polar surface area (TPSA) is 93.8 Å². The van der Waals surface area contributed by atoms with E-state index in [-0.39, 0.29) is 0 Å². The number of hydrogen-bond acceptors (Lipinski definition) is 5. The van der Waals surface area contributed by atoms with E-state index in [1.165, 1.54) is 6.92 Å². The van der Waals surface area contributed by atoms with Crippen molar-refractivity contribution in [1.29, 1.82) is 0 Å². The fraction of sp³-hybridized carbons (Fsp3) is 0.235. The van der Waals surface area contributed by atoms with Crippen LogP contribution in [0.2, 0.25) is 0 Å². The molecule has 0 saturated carbocycles. The number of anilines is 1. The molecule has 2 aromatic rings. The molecule has 2 aromatic carbocycles. The van der Waals surface area contributed by atoms with Gasteiger partial charge in [0.2, 0.25) is 5.91 Å². The van der Waals surface area contributed by atoms with Crippen LogP contribution in [0.15, 0.2) is 48.5 Å². The van der Waals surface area contributed by atoms with Gasteiger partial charge in [-0.3, -0.25) is 4.79 Å². The normalized spacial score (nSPS) is 13.0. The highest BCUT2D eigenvalue weighted by molar-refractivity contribution is 5.95. The molecular formula is C17H20N2O4. The molecule has 6 heteroatoms. The molecule has 4 N–H and O–H groups in total. The van der Waals surface area contributed by atoms with Gasteiger partial charge in [-0.2, -0.15) is 0 Å². The third-order valence-electron chi connectivity index (χ3n) is 3.22. The highest BCUT2D eigenvalue weighted by Crippen LogP contribution is 2.26. The van der Waals surface area contributed by atoms with Gasteiger partial charge in [0.1, 0.15) is 23.3 Å². The van der Waals surface area contributed by atoms with E-state index in [0.29, 0.717) is 22.9 Å². The van der Waals surface area contributed by atoms with E-state index < -0.39 is 18.1 Å². The van der Waals surface area contributed by atoms with E-state index in [4.69, 9.17) is 15.2 Å². The van der Waals surface area contributed by atoms with Crippen LogP contribution in [0.4, 0.5) is 5.69 Å². The number of carbonyl (C=O) groups excluding carboxylic acids is 1. The summed E-state index contributed by atoms with van der Waals surface area (Å²) in [6.07, 6.45) is -0.911. The Bertz CT molecular complexity index is 656. The molecule has 6 nitrogen and oxygen atoms in total. The van der Waals surface area contributed by atoms with Crippen molar-refractivity contribution in [2.45, 2.75) is 19.1 Å². The van der Waals surface area contributed by atoms with Crippen LogP contribution in [0.25, 0.3) is 0 Å². The average Bonchev–Trinajstić information content (AvgIpc) is 2.56. The molecule has 0 heterocycles. The van der Waals surface area contributed by atoms with Crippen molar-refractivity contribution in [3.05, 3.63) is 48.5 Å². The lowest BCUT2D eigenvalue weighted by Crippen LogP contribution is -2.43. The molecule has 0 saturated heterocycles. The average molecular weight is 316 g/mol. The third-order valence-corrected chi connectivity index (χ3v) is 3.22. The first-order valence-electron chi connectivity index (χ1n) is 7.16. The van der Waals surface area contributed by atoms with Gasteiger partial charge < -0.3 is 25.6 Å². The molecular weight excluding hydrogens is 296 g/mol. The Hall–Kier alpha value is -2.57. The number of amides is 1. The molecule has 0 aromatic heterocycles. The maximum Gasteiger partial charge on any atom is 0.243 e. The summed E-state index contributed by atoms with van der Waals surface area (Å²) in [4.78, 5) is 11.8. The van der Waals surface area contributed by atoms with Crippen LogP contribution in [0, 0.1) is 0 Å². The number of rotatable bonds is 6. The first-order chi connectivity index (χ1) is 11.0. The quantitative estimate of drug-likeness (QED) is 0.759. The first-order valence-corrected chi connectivity index (χ1v) is 7.16. The minimum Gasteiger partial charge on any atom is -0.497 e. The zero-order valence-electron chi connectivity index (χ0n) is 13.0. The number of methoxy groups -OCH3 is 1. The second-order valence-corrected chi connectivity index (χ2v) is 5.06. The maximum absolute atomic E-state index is 11.8. The molecule has 23 heavy (non-hydrogen) atoms. The summed E-state index contributed by atoms with van der Waals surface area (Å²) in [5.41, 5.74) is 6.14. The fourth-order valence-corrected chi connectivity index (χ4v) is 1.85. The van der Waals surface area contributed by atoms with Crippen molar-refractivity contribution in [3.8, 4) is 17.2 Å². The van der Waals surface area contributed by atoms with Crippen molar-refractivity contribution in [3.63, 3.8) is 0 Å². The zero-order chi connectivity index (χ0) is 16.8. The molecule has 0 unspecified atom stereocenters. The zero-order valence-corrected chi connectivity index (χ0v) is 13.0. The Kier molecular flexibility index (Phi) is 5.56. The van der Waals surface area contributed by atoms with Gasteiger partial charge in [-0.25, -0.2) is 0 Å². The number of nitrogens with two attached hydrogens (primary N) is 1. The summed E-state index contributed by atoms with van der Waals surface area (Å²) in [5, 5.41) is 11.9. The lowest BCUT2D eigenvalue weighted by molar-refractivity contribution is -0.119. The van der Waals surface area contributed by atoms with E-state index in [1.54, 1.807) is 37.4 Å². The molecule has 0 aliphatic carbocycles. The number of benzene rings is 2. The van der Waals surface area contributed by atoms with Gasteiger partial charge in [0.25, 0.3) is 0 Å². The number of nitrogens with one attached hydrogen (secondary N) is 1. The summed E-state index contributed by atoms with van der Waals surface area (Å²) in [6, 6.07) is 13.1. The molecule has 2 rings (SSSR count). The molecule has 0 bridgehead atoms. The minimum atomic E-state index is -0.970. The Morgan fingerprint density at radius 1 is 1.13 bits per heavy atom. The van der Waals surface area contributed by atoms with Crippen LogP contribution in [-0.4, -0.2) is 30.3 Å². The smallest absolute Gasteiger partial charge is 0.243 e. The molecule has 0 fully saturated rings. The third kappa shape index (κ3) is 4.70. The van der Waals surface area contributed by atoms with Gasteiger partial charge in [-0.1, -0.05) is 6.07 Å². The molecule has 1 amide bonds. The number of carbonyl (C=O) groups is 1. The van der Waals surface area contributed by atoms with Crippen LogP contribution < -0.4 is 20.5 Å². The number of aliphatic hydroxyl groups is 1. The molecule has 0 spiro atoms. The van der Waals surface area contributed by atoms with Gasteiger partial charge >= 0.3 is 0 Å². The van der Waals surface area contributed by atoms with Gasteiger partial charge in [0.05, 0.1) is 13.2 Å². The number of hydrogen-bond donors (Lipinski definition) is 3. The standard InChI is InChI=1S/C17H20N2O4/c1-11(20)16(18)17(21)19-12-6-8-13(9-7-12)23-15-5-3-4-14(10-15)22-2/h3-11,16,20H,18H2,1-2H3,(H,19,21)/t11-,16+/m1/s1. The van der Waals surface area contributed by atoms with Gasteiger partial charge in [-0.05, 0) is 43.3 Å². The van der Waals surface area contributed by atoms with Crippen LogP contribution in [0.3, 0.4) is 0 Å². The monoisotopic (exact) mass is 316 g/mol. The Morgan fingerprint density at radius 2 is 1.78 bits per heavy atom. The lowest BCUT2D eigenvalue weighted by Gasteiger charge is -2.14. The molecule has 2 atom stereocenters. The van der Waals surface area contributed by atoms with Crippen molar-refractivity contribution < 1.29 is 19.4 Å². The van der Waals surface area contributed by atoms with Crippen molar-refractivity contribution in [1.82, 2.24) is 0 Å². The highest BCUT2D eigenvalue weighted by Gasteiger charge is 2.18. The highest BCUT2D eigenvalue weighted by atomic mass is 16.5. The first kappa shape index (κ1) is 16.8. The molecule has 0 aliphatic heterocycles. The van der Waals surface area contributed by atoms with E-state index in [0.717, 1.165) is 0 Å². The predicted molar refractivity (Wildman–Crippen MR) is 87.8 cm³/mol. The van der Waals surface area contributed by atoms with Crippen molar-refractivity contribution >= 4 is 11.6 Å². The Morgan fingerprint density at radius 3 is 2.39 bits per heavy atom. The van der Waals surface area contributed by atoms with Crippen LogP contribution in [0.1, 0.15) is 6.92 Å². The molecule has 0 radical (unpaired) electrons. The van der Waals surface area contributed by atoms with Crippen molar-refractivity contribution in [2.75, 3.05) is 12.4 Å². The molecule has 0 aliphatic rings. The maximum atomic E-state index is 11.8. The molecule has 122 valence electrons. The number of ether oxygens (including phenoxy) is 2. The van der Waals surface area contributed by atoms with E-state index >= 15 is 0 Å². The second kappa shape index (κ2) is 7.62. The summed E-state index contributed by atoms with van der Waals surface area (Å²) in [6.45, 7) is 1.47. The van der Waals surface area contributed by atoms with Gasteiger partial charge in [0.15, 0.2) is 0 Å². The van der Waals surface area contributed by atoms with Crippen LogP contribution >= 0.6 is 0 Å². The number of aliphatic hydroxyl groups excluding tert-OH is 1. The van der Waals surface area contributed by atoms with Crippen LogP contribution in [-0.2, 0) is 4.79 Å². The lowest BCUT2D eigenvalue weighted by atomic mass is 10.2. The summed E-state index contributed by atoms with van der Waals surface area (Å²) < 4.78 is 10.8. The largest absolute Gasteiger partial charge is 0.497 e. The summed E-state index contributed by atoms with van der Waals surface area (Å²) >= 11 is 0. The SMILES string of the molecule is COc1cccc(Oc2ccc(NC(=O)[C@@H](N)[C@@H](C)O)cc2)c1. The Labute approximate surface area is 134 Å². The van der Waals surface area contributed by atoms with E-state index in [2.05, 4.69) is 5.32 Å². The Balaban J connectivity index is 2.00. The summed E-state index contributed by atoms with van der Waals surface area (Å²) in [7, 11) is 1.59. The van der Waals surface area contributed by atoms with E-state index in [1.807, 2.05) is 18.2 Å². The second-order valence-electron chi connectivity index (χ2n) is 5.06. The minimum absolute atomic E-state index is 0.443. The van der Waals surface area contributed by atoms with Gasteiger partial charge in [-0.15, -0.1) is 0 Å². The van der Waals surface area contributed by atoms with E-state index in [9.17, 15) is 9.90 Å². The van der Waals surface area contributed by atoms with Gasteiger partial charge in [0, 0.05) is 11.8 Å². The fourth-order valence-electron chi connectivity index (χ4n) is 1.85.